The zero-order valence-corrected chi connectivity index (χ0v) is 35.0. The average molecular weight is 804 g/mol. The van der Waals surface area contributed by atoms with E-state index in [1.54, 1.807) is 0 Å². The van der Waals surface area contributed by atoms with Crippen LogP contribution in [0.5, 0.6) is 0 Å². The van der Waals surface area contributed by atoms with E-state index in [9.17, 15) is 0 Å². The molecule has 9 aromatic carbocycles. The van der Waals surface area contributed by atoms with Gasteiger partial charge in [-0.1, -0.05) is 184 Å². The van der Waals surface area contributed by atoms with Crippen LogP contribution < -0.4 is 0 Å². The molecular weight excluding hydrogens is 763 g/mol. The topological polar surface area (TPSA) is 38.7 Å². The van der Waals surface area contributed by atoms with Crippen molar-refractivity contribution in [2.45, 2.75) is 19.3 Å². The lowest BCUT2D eigenvalue weighted by Crippen LogP contribution is -2.14. The molecule has 0 saturated heterocycles. The van der Waals surface area contributed by atoms with Crippen LogP contribution in [0.2, 0.25) is 0 Å². The monoisotopic (exact) mass is 803 g/mol. The highest BCUT2D eigenvalue weighted by Crippen LogP contribution is 2.51. The van der Waals surface area contributed by atoms with E-state index in [4.69, 9.17) is 15.0 Å². The smallest absolute Gasteiger partial charge is 0.160 e. The van der Waals surface area contributed by atoms with Gasteiger partial charge in [-0.2, -0.15) is 0 Å². The Morgan fingerprint density at radius 3 is 1.52 bits per heavy atom. The highest BCUT2D eigenvalue weighted by molar-refractivity contribution is 6.03. The van der Waals surface area contributed by atoms with E-state index in [1.807, 2.05) is 0 Å². The van der Waals surface area contributed by atoms with Crippen molar-refractivity contribution >= 4 is 32.4 Å². The fourth-order valence-corrected chi connectivity index (χ4v) is 9.88. The summed E-state index contributed by atoms with van der Waals surface area (Å²) in [5, 5.41) is 5.76. The molecule has 0 saturated carbocycles. The Bertz CT molecular complexity index is 3480. The van der Waals surface area contributed by atoms with E-state index in [2.05, 4.69) is 226 Å². The molecule has 0 atom stereocenters. The Morgan fingerprint density at radius 2 is 0.841 bits per heavy atom. The molecule has 0 N–H and O–H groups in total. The third-order valence-corrected chi connectivity index (χ3v) is 13.0. The number of pyridine rings is 1. The fraction of sp³-hybridized carbons (Fsp3) is 0.0500. The second-order valence-corrected chi connectivity index (χ2v) is 17.2. The zero-order valence-electron chi connectivity index (χ0n) is 35.0. The summed E-state index contributed by atoms with van der Waals surface area (Å²) in [7, 11) is 0. The van der Waals surface area contributed by atoms with Crippen LogP contribution in [0.1, 0.15) is 25.0 Å². The van der Waals surface area contributed by atoms with Crippen molar-refractivity contribution < 1.29 is 0 Å². The third kappa shape index (κ3) is 6.23. The minimum absolute atomic E-state index is 0.153. The van der Waals surface area contributed by atoms with Gasteiger partial charge in [-0.25, -0.2) is 15.0 Å². The number of benzene rings is 9. The molecule has 3 heteroatoms. The van der Waals surface area contributed by atoms with Crippen LogP contribution in [0.3, 0.4) is 0 Å². The van der Waals surface area contributed by atoms with E-state index in [1.165, 1.54) is 33.0 Å². The van der Waals surface area contributed by atoms with Crippen LogP contribution >= 0.6 is 0 Å². The quantitative estimate of drug-likeness (QED) is 0.168. The summed E-state index contributed by atoms with van der Waals surface area (Å²) in [5.74, 6) is 0.667. The molecule has 0 radical (unpaired) electrons. The molecule has 2 heterocycles. The standard InChI is InChI=1S/C60H41N3/c1-60(2)53-30-14-13-27-47(53)51-34-52-50(35-55(41-21-7-4-8-22-41)61-56(52)36-54(51)60)43-31-42(38-17-5-3-6-18-38)32-44(33-43)59-62-57(48-28-15-23-39-19-9-11-25-45(39)48)37-58(63-59)49-29-16-24-40-20-10-12-26-46(40)49/h3-37H,1-2H3. The summed E-state index contributed by atoms with van der Waals surface area (Å²) >= 11 is 0. The molecule has 63 heavy (non-hydrogen) atoms. The number of aromatic nitrogens is 3. The Labute approximate surface area is 367 Å². The molecule has 0 aliphatic heterocycles. The van der Waals surface area contributed by atoms with Gasteiger partial charge in [-0.3, -0.25) is 0 Å². The second kappa shape index (κ2) is 14.6. The first-order chi connectivity index (χ1) is 31.0. The van der Waals surface area contributed by atoms with Gasteiger partial charge in [0.2, 0.25) is 0 Å². The van der Waals surface area contributed by atoms with Gasteiger partial charge in [0.25, 0.3) is 0 Å². The SMILES string of the molecule is CC1(C)c2ccccc2-c2cc3c(-c4cc(-c5ccccc5)cc(-c5nc(-c6cccc7ccccc67)cc(-c6cccc7ccccc67)n5)c4)cc(-c4ccccc4)nc3cc21. The van der Waals surface area contributed by atoms with Crippen molar-refractivity contribution in [3.05, 3.63) is 223 Å². The first kappa shape index (κ1) is 36.8. The lowest BCUT2D eigenvalue weighted by Gasteiger charge is -2.22. The van der Waals surface area contributed by atoms with E-state index < -0.39 is 0 Å². The van der Waals surface area contributed by atoms with Crippen LogP contribution in [0, 0.1) is 0 Å². The van der Waals surface area contributed by atoms with Crippen molar-refractivity contribution in [2.75, 3.05) is 0 Å². The molecule has 0 spiro atoms. The van der Waals surface area contributed by atoms with Gasteiger partial charge in [0.15, 0.2) is 5.82 Å². The first-order valence-electron chi connectivity index (χ1n) is 21.7. The van der Waals surface area contributed by atoms with E-state index in [0.717, 1.165) is 83.3 Å². The molecule has 0 unspecified atom stereocenters. The Kier molecular flexibility index (Phi) is 8.52. The van der Waals surface area contributed by atoms with Gasteiger partial charge in [0.1, 0.15) is 0 Å². The summed E-state index contributed by atoms with van der Waals surface area (Å²) in [4.78, 5) is 16.4. The van der Waals surface area contributed by atoms with Gasteiger partial charge in [0, 0.05) is 33.1 Å². The van der Waals surface area contributed by atoms with Crippen LogP contribution in [-0.4, -0.2) is 15.0 Å². The summed E-state index contributed by atoms with van der Waals surface area (Å²) in [6, 6.07) is 76.1. The lowest BCUT2D eigenvalue weighted by atomic mass is 9.82. The molecule has 1 aliphatic rings. The minimum atomic E-state index is -0.153. The van der Waals surface area contributed by atoms with Crippen LogP contribution in [0.4, 0.5) is 0 Å². The van der Waals surface area contributed by atoms with Gasteiger partial charge in [-0.05, 0) is 109 Å². The van der Waals surface area contributed by atoms with Gasteiger partial charge >= 0.3 is 0 Å². The highest BCUT2D eigenvalue weighted by Gasteiger charge is 2.36. The van der Waals surface area contributed by atoms with E-state index >= 15 is 0 Å². The first-order valence-corrected chi connectivity index (χ1v) is 21.7. The Morgan fingerprint density at radius 1 is 0.302 bits per heavy atom. The number of hydrogen-bond donors (Lipinski definition) is 0. The van der Waals surface area contributed by atoms with Gasteiger partial charge < -0.3 is 0 Å². The summed E-state index contributed by atoms with van der Waals surface area (Å²) in [6.07, 6.45) is 0. The largest absolute Gasteiger partial charge is 0.248 e. The predicted octanol–water partition coefficient (Wildman–Crippen LogP) is 15.6. The Hall–Kier alpha value is -8.01. The van der Waals surface area contributed by atoms with Crippen LogP contribution in [-0.2, 0) is 5.41 Å². The third-order valence-electron chi connectivity index (χ3n) is 13.0. The van der Waals surface area contributed by atoms with E-state index in [0.29, 0.717) is 5.82 Å². The number of nitrogens with zero attached hydrogens (tertiary/aromatic N) is 3. The maximum Gasteiger partial charge on any atom is 0.160 e. The van der Waals surface area contributed by atoms with Crippen molar-refractivity contribution in [2.24, 2.45) is 0 Å². The van der Waals surface area contributed by atoms with Crippen molar-refractivity contribution in [3.63, 3.8) is 0 Å². The normalized spacial score (nSPS) is 12.7. The molecular formula is C60H41N3. The molecule has 0 amide bonds. The molecule has 12 rings (SSSR count). The molecule has 2 aromatic heterocycles. The second-order valence-electron chi connectivity index (χ2n) is 17.2. The molecule has 296 valence electrons. The summed E-state index contributed by atoms with van der Waals surface area (Å²) in [6.45, 7) is 4.67. The molecule has 0 fully saturated rings. The van der Waals surface area contributed by atoms with Gasteiger partial charge in [-0.15, -0.1) is 0 Å². The van der Waals surface area contributed by atoms with Crippen LogP contribution in [0.25, 0.3) is 111 Å². The molecule has 11 aromatic rings. The molecule has 0 bridgehead atoms. The van der Waals surface area contributed by atoms with Crippen molar-refractivity contribution in [1.82, 2.24) is 15.0 Å². The maximum atomic E-state index is 5.49. The number of hydrogen-bond acceptors (Lipinski definition) is 3. The van der Waals surface area contributed by atoms with Gasteiger partial charge in [0.05, 0.1) is 22.6 Å². The summed E-state index contributed by atoms with van der Waals surface area (Å²) in [5.41, 5.74) is 17.3. The molecule has 3 nitrogen and oxygen atoms in total. The predicted molar refractivity (Wildman–Crippen MR) is 263 cm³/mol. The average Bonchev–Trinajstić information content (AvgIpc) is 3.57. The summed E-state index contributed by atoms with van der Waals surface area (Å²) < 4.78 is 0. The van der Waals surface area contributed by atoms with Crippen molar-refractivity contribution in [1.29, 1.82) is 0 Å². The number of fused-ring (bicyclic) bond motifs is 6. The number of rotatable bonds is 6. The van der Waals surface area contributed by atoms with E-state index in [-0.39, 0.29) is 5.41 Å². The van der Waals surface area contributed by atoms with Crippen LogP contribution in [0.15, 0.2) is 212 Å². The minimum Gasteiger partial charge on any atom is -0.248 e. The highest BCUT2D eigenvalue weighted by atomic mass is 14.9. The zero-order chi connectivity index (χ0) is 42.1. The fourth-order valence-electron chi connectivity index (χ4n) is 9.88. The maximum absolute atomic E-state index is 5.49. The van der Waals surface area contributed by atoms with Crippen molar-refractivity contribution in [3.8, 4) is 78.5 Å². The Balaban J connectivity index is 1.15. The lowest BCUT2D eigenvalue weighted by molar-refractivity contribution is 0.661. The molecule has 1 aliphatic carbocycles.